The predicted octanol–water partition coefficient (Wildman–Crippen LogP) is 4.59. The molecule has 0 aliphatic heterocycles. The van der Waals surface area contributed by atoms with Crippen LogP contribution < -0.4 is 11.1 Å². The van der Waals surface area contributed by atoms with Crippen molar-refractivity contribution in [3.05, 3.63) is 71.6 Å². The second kappa shape index (κ2) is 9.28. The van der Waals surface area contributed by atoms with Gasteiger partial charge in [0.25, 0.3) is 5.91 Å². The summed E-state index contributed by atoms with van der Waals surface area (Å²) in [6, 6.07) is 9.97. The monoisotopic (exact) mass is 482 g/mol. The summed E-state index contributed by atoms with van der Waals surface area (Å²) in [4.78, 5) is 17.1. The second-order valence-electron chi connectivity index (χ2n) is 8.43. The van der Waals surface area contributed by atoms with Gasteiger partial charge in [0, 0.05) is 47.5 Å². The quantitative estimate of drug-likeness (QED) is 0.394. The highest BCUT2D eigenvalue weighted by Gasteiger charge is 2.30. The maximum Gasteiger partial charge on any atom is 0.416 e. The van der Waals surface area contributed by atoms with Gasteiger partial charge in [0.2, 0.25) is 0 Å². The third kappa shape index (κ3) is 4.91. The lowest BCUT2D eigenvalue weighted by molar-refractivity contribution is -0.137. The van der Waals surface area contributed by atoms with Crippen LogP contribution in [0, 0.1) is 0 Å². The van der Waals surface area contributed by atoms with Crippen LogP contribution >= 0.6 is 0 Å². The number of hydrogen-bond donors (Lipinski definition) is 2. The van der Waals surface area contributed by atoms with Crippen molar-refractivity contribution in [2.75, 3.05) is 6.54 Å². The Hall–Kier alpha value is -4.08. The number of allylic oxidation sites excluding steroid dienone is 1. The number of aryl methyl sites for hydroxylation is 1. The molecule has 0 saturated carbocycles. The second-order valence-corrected chi connectivity index (χ2v) is 8.43. The zero-order valence-electron chi connectivity index (χ0n) is 19.5. The third-order valence-corrected chi connectivity index (χ3v) is 5.58. The van der Waals surface area contributed by atoms with Gasteiger partial charge in [-0.05, 0) is 68.1 Å². The Kier molecular flexibility index (Phi) is 6.38. The molecule has 0 fully saturated rings. The Labute approximate surface area is 199 Å². The van der Waals surface area contributed by atoms with Gasteiger partial charge >= 0.3 is 6.18 Å². The Bertz CT molecular complexity index is 1440. The number of aliphatic imine (C=N–C) groups is 1. The molecule has 2 heterocycles. The number of hydrogen-bond acceptors (Lipinski definition) is 4. The fourth-order valence-electron chi connectivity index (χ4n) is 3.85. The van der Waals surface area contributed by atoms with Crippen LogP contribution in [-0.4, -0.2) is 39.1 Å². The van der Waals surface area contributed by atoms with E-state index in [2.05, 4.69) is 15.4 Å². The summed E-state index contributed by atoms with van der Waals surface area (Å²) >= 11 is 0. The fraction of sp³-hybridized carbons (Fsp3) is 0.240. The van der Waals surface area contributed by atoms with E-state index in [-0.39, 0.29) is 11.9 Å². The van der Waals surface area contributed by atoms with E-state index in [4.69, 9.17) is 5.73 Å². The standard InChI is InChI=1S/C25H25F3N6O/c1-15(11-29)12-30-13-16(2)31-24(35)17-4-9-22-20(10-17)21-14-33(3)32-23(21)34(22)19-7-5-18(6-8-19)25(26,27)28/h4-12,14,16H,13,29H2,1-3H3,(H,31,35). The van der Waals surface area contributed by atoms with E-state index in [1.165, 1.54) is 18.3 Å². The highest BCUT2D eigenvalue weighted by Crippen LogP contribution is 2.34. The Morgan fingerprint density at radius 1 is 1.20 bits per heavy atom. The van der Waals surface area contributed by atoms with Crippen molar-refractivity contribution in [2.24, 2.45) is 17.8 Å². The zero-order chi connectivity index (χ0) is 25.3. The van der Waals surface area contributed by atoms with Crippen LogP contribution in [0.4, 0.5) is 13.2 Å². The summed E-state index contributed by atoms with van der Waals surface area (Å²) in [6.45, 7) is 4.09. The third-order valence-electron chi connectivity index (χ3n) is 5.58. The van der Waals surface area contributed by atoms with Crippen molar-refractivity contribution in [3.8, 4) is 5.69 Å². The van der Waals surface area contributed by atoms with E-state index in [0.717, 1.165) is 34.0 Å². The van der Waals surface area contributed by atoms with E-state index < -0.39 is 11.7 Å². The molecule has 2 aromatic heterocycles. The van der Waals surface area contributed by atoms with Gasteiger partial charge in [0.15, 0.2) is 5.65 Å². The van der Waals surface area contributed by atoms with Gasteiger partial charge < -0.3 is 11.1 Å². The molecule has 0 radical (unpaired) electrons. The largest absolute Gasteiger partial charge is 0.416 e. The van der Waals surface area contributed by atoms with Crippen molar-refractivity contribution < 1.29 is 18.0 Å². The number of nitrogens with two attached hydrogens (primary N) is 1. The number of amides is 1. The summed E-state index contributed by atoms with van der Waals surface area (Å²) < 4.78 is 42.5. The average molecular weight is 483 g/mol. The first kappa shape index (κ1) is 24.1. The van der Waals surface area contributed by atoms with Crippen molar-refractivity contribution in [1.29, 1.82) is 0 Å². The van der Waals surface area contributed by atoms with Crippen LogP contribution in [-0.2, 0) is 13.2 Å². The van der Waals surface area contributed by atoms with Gasteiger partial charge in [-0.3, -0.25) is 19.0 Å². The van der Waals surface area contributed by atoms with E-state index >= 15 is 0 Å². The smallest absolute Gasteiger partial charge is 0.404 e. The molecule has 1 unspecified atom stereocenters. The Morgan fingerprint density at radius 3 is 2.57 bits per heavy atom. The molecule has 2 aromatic carbocycles. The lowest BCUT2D eigenvalue weighted by Gasteiger charge is -2.12. The first-order chi connectivity index (χ1) is 16.6. The first-order valence-electron chi connectivity index (χ1n) is 10.9. The first-order valence-corrected chi connectivity index (χ1v) is 10.9. The molecule has 0 spiro atoms. The van der Waals surface area contributed by atoms with Crippen LogP contribution in [0.1, 0.15) is 29.8 Å². The lowest BCUT2D eigenvalue weighted by Crippen LogP contribution is -2.34. The summed E-state index contributed by atoms with van der Waals surface area (Å²) in [6.07, 6.45) is 0.516. The van der Waals surface area contributed by atoms with Crippen LogP contribution in [0.2, 0.25) is 0 Å². The van der Waals surface area contributed by atoms with Crippen LogP contribution in [0.15, 0.2) is 65.4 Å². The number of nitrogens with one attached hydrogen (secondary N) is 1. The van der Waals surface area contributed by atoms with Crippen LogP contribution in [0.25, 0.3) is 27.6 Å². The number of alkyl halides is 3. The summed E-state index contributed by atoms with van der Waals surface area (Å²) in [5.74, 6) is -0.250. The number of aromatic nitrogens is 3. The molecule has 0 bridgehead atoms. The number of carbonyl (C=O) groups is 1. The summed E-state index contributed by atoms with van der Waals surface area (Å²) in [5.41, 5.74) is 7.85. The van der Waals surface area contributed by atoms with Crippen molar-refractivity contribution in [3.63, 3.8) is 0 Å². The minimum atomic E-state index is -4.41. The molecule has 3 N–H and O–H groups in total. The highest BCUT2D eigenvalue weighted by atomic mass is 19.4. The van der Waals surface area contributed by atoms with E-state index in [1.54, 1.807) is 40.7 Å². The van der Waals surface area contributed by atoms with E-state index in [0.29, 0.717) is 23.4 Å². The number of halogens is 3. The van der Waals surface area contributed by atoms with Crippen molar-refractivity contribution in [2.45, 2.75) is 26.1 Å². The average Bonchev–Trinajstić information content (AvgIpc) is 3.32. The van der Waals surface area contributed by atoms with E-state index in [1.807, 2.05) is 20.0 Å². The lowest BCUT2D eigenvalue weighted by atomic mass is 10.1. The van der Waals surface area contributed by atoms with E-state index in [9.17, 15) is 18.0 Å². The minimum absolute atomic E-state index is 0.199. The Morgan fingerprint density at radius 2 is 1.91 bits per heavy atom. The molecule has 10 heteroatoms. The number of rotatable bonds is 6. The number of fused-ring (bicyclic) bond motifs is 3. The highest BCUT2D eigenvalue weighted by molar-refractivity contribution is 6.10. The number of nitrogens with zero attached hydrogens (tertiary/aromatic N) is 4. The van der Waals surface area contributed by atoms with Gasteiger partial charge in [0.05, 0.1) is 17.6 Å². The molecule has 0 aliphatic rings. The molecule has 182 valence electrons. The minimum Gasteiger partial charge on any atom is -0.404 e. The molecule has 4 aromatic rings. The molecule has 0 aliphatic carbocycles. The molecule has 0 saturated heterocycles. The molecular weight excluding hydrogens is 457 g/mol. The normalized spacial score (nSPS) is 13.7. The number of benzene rings is 2. The van der Waals surface area contributed by atoms with Crippen LogP contribution in [0.5, 0.6) is 0 Å². The molecule has 1 amide bonds. The van der Waals surface area contributed by atoms with Gasteiger partial charge in [-0.2, -0.15) is 18.3 Å². The summed E-state index contributed by atoms with van der Waals surface area (Å²) in [7, 11) is 1.77. The predicted molar refractivity (Wildman–Crippen MR) is 131 cm³/mol. The zero-order valence-corrected chi connectivity index (χ0v) is 19.5. The topological polar surface area (TPSA) is 90.2 Å². The number of carbonyl (C=O) groups excluding carboxylic acids is 1. The fourth-order valence-corrected chi connectivity index (χ4v) is 3.85. The SMILES string of the molecule is CC(C=NCC(C)NC(=O)c1ccc2c(c1)c1cn(C)nc1n2-c1ccc(C(F)(F)F)cc1)=CN. The van der Waals surface area contributed by atoms with Crippen molar-refractivity contribution in [1.82, 2.24) is 19.7 Å². The molecule has 35 heavy (non-hydrogen) atoms. The molecule has 4 rings (SSSR count). The van der Waals surface area contributed by atoms with Gasteiger partial charge in [0.1, 0.15) is 0 Å². The van der Waals surface area contributed by atoms with Gasteiger partial charge in [-0.25, -0.2) is 0 Å². The Balaban J connectivity index is 1.68. The molecule has 7 nitrogen and oxygen atoms in total. The summed E-state index contributed by atoms with van der Waals surface area (Å²) in [5, 5.41) is 8.99. The van der Waals surface area contributed by atoms with Crippen molar-refractivity contribution >= 4 is 34.1 Å². The van der Waals surface area contributed by atoms with Gasteiger partial charge in [-0.1, -0.05) is 0 Å². The molecule has 1 atom stereocenters. The maximum atomic E-state index is 13.0. The van der Waals surface area contributed by atoms with Crippen LogP contribution in [0.3, 0.4) is 0 Å². The van der Waals surface area contributed by atoms with Gasteiger partial charge in [-0.15, -0.1) is 0 Å². The molecular formula is C25H25F3N6O. The maximum absolute atomic E-state index is 13.0.